The van der Waals surface area contributed by atoms with E-state index < -0.39 is 7.12 Å². The second kappa shape index (κ2) is 4.25. The van der Waals surface area contributed by atoms with Gasteiger partial charge in [0, 0.05) is 0 Å². The molecule has 2 rings (SSSR count). The molecule has 1 aromatic rings. The molecular formula is C11H15BO3. The third-order valence-electron chi connectivity index (χ3n) is 3.10. The first-order valence-electron chi connectivity index (χ1n) is 5.22. The van der Waals surface area contributed by atoms with Crippen LogP contribution in [0.5, 0.6) is 5.75 Å². The van der Waals surface area contributed by atoms with E-state index in [4.69, 9.17) is 14.8 Å². The standard InChI is InChI=1S/C11H15BO3/c1-15-11-5-3-8-6-10(12(13)14)4-2-9(8)7-11/h3,5,7,10,13-14H,2,4,6H2,1H3/t10-/m1/s1. The second-order valence-corrected chi connectivity index (χ2v) is 4.05. The van der Waals surface area contributed by atoms with Gasteiger partial charge in [-0.2, -0.15) is 0 Å². The number of hydrogen-bond donors (Lipinski definition) is 2. The molecule has 1 aromatic carbocycles. The Balaban J connectivity index is 2.21. The van der Waals surface area contributed by atoms with Crippen LogP contribution in [0.15, 0.2) is 18.2 Å². The molecule has 0 heterocycles. The third-order valence-corrected chi connectivity index (χ3v) is 3.10. The molecule has 80 valence electrons. The quantitative estimate of drug-likeness (QED) is 0.710. The monoisotopic (exact) mass is 206 g/mol. The molecule has 0 unspecified atom stereocenters. The maximum atomic E-state index is 9.13. The van der Waals surface area contributed by atoms with Crippen LogP contribution in [-0.2, 0) is 12.8 Å². The summed E-state index contributed by atoms with van der Waals surface area (Å²) >= 11 is 0. The zero-order chi connectivity index (χ0) is 10.8. The van der Waals surface area contributed by atoms with Crippen molar-refractivity contribution >= 4 is 7.12 Å². The average molecular weight is 206 g/mol. The molecule has 1 atom stereocenters. The van der Waals surface area contributed by atoms with Gasteiger partial charge in [-0.05, 0) is 48.3 Å². The molecule has 0 saturated heterocycles. The van der Waals surface area contributed by atoms with E-state index in [0.717, 1.165) is 25.0 Å². The molecule has 0 amide bonds. The lowest BCUT2D eigenvalue weighted by atomic mass is 9.64. The van der Waals surface area contributed by atoms with Gasteiger partial charge in [0.05, 0.1) is 7.11 Å². The first-order chi connectivity index (χ1) is 7.20. The van der Waals surface area contributed by atoms with Crippen LogP contribution >= 0.6 is 0 Å². The van der Waals surface area contributed by atoms with Crippen LogP contribution in [-0.4, -0.2) is 24.3 Å². The van der Waals surface area contributed by atoms with Crippen molar-refractivity contribution in [2.45, 2.75) is 25.1 Å². The van der Waals surface area contributed by atoms with Crippen molar-refractivity contribution in [2.75, 3.05) is 7.11 Å². The molecule has 15 heavy (non-hydrogen) atoms. The van der Waals surface area contributed by atoms with Gasteiger partial charge in [0.1, 0.15) is 5.75 Å². The van der Waals surface area contributed by atoms with E-state index in [2.05, 4.69) is 0 Å². The van der Waals surface area contributed by atoms with Crippen LogP contribution in [0.4, 0.5) is 0 Å². The van der Waals surface area contributed by atoms with Gasteiger partial charge in [-0.15, -0.1) is 0 Å². The van der Waals surface area contributed by atoms with Gasteiger partial charge in [-0.3, -0.25) is 0 Å². The predicted octanol–water partition coefficient (Wildman–Crippen LogP) is 1.03. The first-order valence-corrected chi connectivity index (χ1v) is 5.22. The van der Waals surface area contributed by atoms with E-state index in [1.165, 1.54) is 11.1 Å². The van der Waals surface area contributed by atoms with E-state index in [1.54, 1.807) is 7.11 Å². The van der Waals surface area contributed by atoms with Crippen molar-refractivity contribution in [3.8, 4) is 5.75 Å². The smallest absolute Gasteiger partial charge is 0.455 e. The zero-order valence-electron chi connectivity index (χ0n) is 8.81. The highest BCUT2D eigenvalue weighted by Crippen LogP contribution is 2.32. The van der Waals surface area contributed by atoms with E-state index in [9.17, 15) is 0 Å². The van der Waals surface area contributed by atoms with Crippen LogP contribution in [0.25, 0.3) is 0 Å². The van der Waals surface area contributed by atoms with Crippen LogP contribution in [0.3, 0.4) is 0 Å². The van der Waals surface area contributed by atoms with Gasteiger partial charge in [0.15, 0.2) is 0 Å². The van der Waals surface area contributed by atoms with Crippen LogP contribution in [0, 0.1) is 0 Å². The van der Waals surface area contributed by atoms with Crippen molar-refractivity contribution in [1.29, 1.82) is 0 Å². The van der Waals surface area contributed by atoms with Gasteiger partial charge in [-0.1, -0.05) is 6.07 Å². The molecular weight excluding hydrogens is 191 g/mol. The number of methoxy groups -OCH3 is 1. The van der Waals surface area contributed by atoms with Crippen molar-refractivity contribution < 1.29 is 14.8 Å². The fourth-order valence-electron chi connectivity index (χ4n) is 2.14. The topological polar surface area (TPSA) is 49.7 Å². The Morgan fingerprint density at radius 3 is 2.80 bits per heavy atom. The highest BCUT2D eigenvalue weighted by Gasteiger charge is 2.27. The lowest BCUT2D eigenvalue weighted by molar-refractivity contribution is 0.373. The number of fused-ring (bicyclic) bond motifs is 1. The number of aryl methyl sites for hydroxylation is 1. The zero-order valence-corrected chi connectivity index (χ0v) is 8.81. The molecule has 1 aliphatic carbocycles. The molecule has 0 aromatic heterocycles. The molecule has 0 bridgehead atoms. The van der Waals surface area contributed by atoms with E-state index in [0.29, 0.717) is 0 Å². The lowest BCUT2D eigenvalue weighted by Crippen LogP contribution is -2.25. The largest absolute Gasteiger partial charge is 0.497 e. The molecule has 0 radical (unpaired) electrons. The molecule has 1 aliphatic rings. The Morgan fingerprint density at radius 2 is 2.13 bits per heavy atom. The van der Waals surface area contributed by atoms with Gasteiger partial charge < -0.3 is 14.8 Å². The number of ether oxygens (including phenoxy) is 1. The average Bonchev–Trinajstić information content (AvgIpc) is 2.27. The van der Waals surface area contributed by atoms with Gasteiger partial charge in [0.25, 0.3) is 0 Å². The highest BCUT2D eigenvalue weighted by molar-refractivity contribution is 6.43. The maximum absolute atomic E-state index is 9.13. The lowest BCUT2D eigenvalue weighted by Gasteiger charge is -2.24. The summed E-state index contributed by atoms with van der Waals surface area (Å²) in [5, 5.41) is 18.3. The number of rotatable bonds is 2. The first kappa shape index (κ1) is 10.5. The van der Waals surface area contributed by atoms with Crippen molar-refractivity contribution in [3.63, 3.8) is 0 Å². The minimum absolute atomic E-state index is 0.0223. The summed E-state index contributed by atoms with van der Waals surface area (Å²) in [7, 11) is 0.463. The fourth-order valence-corrected chi connectivity index (χ4v) is 2.14. The highest BCUT2D eigenvalue weighted by atomic mass is 16.5. The van der Waals surface area contributed by atoms with Crippen molar-refractivity contribution in [3.05, 3.63) is 29.3 Å². The van der Waals surface area contributed by atoms with Crippen LogP contribution in [0.1, 0.15) is 17.5 Å². The van der Waals surface area contributed by atoms with Crippen molar-refractivity contribution in [1.82, 2.24) is 0 Å². The Morgan fingerprint density at radius 1 is 1.33 bits per heavy atom. The van der Waals surface area contributed by atoms with Crippen LogP contribution in [0.2, 0.25) is 5.82 Å². The van der Waals surface area contributed by atoms with Crippen molar-refractivity contribution in [2.24, 2.45) is 0 Å². The maximum Gasteiger partial charge on any atom is 0.455 e. The van der Waals surface area contributed by atoms with Gasteiger partial charge >= 0.3 is 7.12 Å². The molecule has 2 N–H and O–H groups in total. The van der Waals surface area contributed by atoms with E-state index in [-0.39, 0.29) is 5.82 Å². The Labute approximate surface area is 89.8 Å². The van der Waals surface area contributed by atoms with E-state index >= 15 is 0 Å². The predicted molar refractivity (Wildman–Crippen MR) is 59.0 cm³/mol. The molecule has 0 aliphatic heterocycles. The Hall–Kier alpha value is -0.995. The summed E-state index contributed by atoms with van der Waals surface area (Å²) in [5.74, 6) is 0.850. The summed E-state index contributed by atoms with van der Waals surface area (Å²) < 4.78 is 5.16. The molecule has 4 heteroatoms. The second-order valence-electron chi connectivity index (χ2n) is 4.05. The minimum atomic E-state index is -1.19. The molecule has 3 nitrogen and oxygen atoms in total. The summed E-state index contributed by atoms with van der Waals surface area (Å²) in [6, 6.07) is 5.98. The summed E-state index contributed by atoms with van der Waals surface area (Å²) in [6.45, 7) is 0. The van der Waals surface area contributed by atoms with Crippen LogP contribution < -0.4 is 4.74 Å². The Kier molecular flexibility index (Phi) is 2.98. The SMILES string of the molecule is COc1ccc2c(c1)CC[C@@H](B(O)O)C2. The Bertz CT molecular complexity index is 352. The third kappa shape index (κ3) is 2.16. The molecule has 0 spiro atoms. The minimum Gasteiger partial charge on any atom is -0.497 e. The summed E-state index contributed by atoms with van der Waals surface area (Å²) in [4.78, 5) is 0. The normalized spacial score (nSPS) is 19.5. The van der Waals surface area contributed by atoms with E-state index in [1.807, 2.05) is 18.2 Å². The summed E-state index contributed by atoms with van der Waals surface area (Å²) in [5.41, 5.74) is 2.48. The molecule has 0 saturated carbocycles. The number of benzene rings is 1. The molecule has 0 fully saturated rings. The van der Waals surface area contributed by atoms with Gasteiger partial charge in [-0.25, -0.2) is 0 Å². The fraction of sp³-hybridized carbons (Fsp3) is 0.455. The number of hydrogen-bond acceptors (Lipinski definition) is 3. The summed E-state index contributed by atoms with van der Waals surface area (Å²) in [6.07, 6.45) is 2.48. The van der Waals surface area contributed by atoms with Gasteiger partial charge in [0.2, 0.25) is 0 Å².